The van der Waals surface area contributed by atoms with Crippen LogP contribution in [0.15, 0.2) is 22.7 Å². The minimum atomic E-state index is -4.34. The van der Waals surface area contributed by atoms with Crippen molar-refractivity contribution >= 4 is 21.6 Å². The van der Waals surface area contributed by atoms with Crippen molar-refractivity contribution in [3.05, 3.63) is 28.2 Å². The summed E-state index contributed by atoms with van der Waals surface area (Å²) < 4.78 is 39.1. The molecule has 0 unspecified atom stereocenters. The zero-order valence-electron chi connectivity index (χ0n) is 10.4. The van der Waals surface area contributed by atoms with Gasteiger partial charge in [0.25, 0.3) is 0 Å². The van der Waals surface area contributed by atoms with Crippen LogP contribution in [0.5, 0.6) is 0 Å². The highest BCUT2D eigenvalue weighted by atomic mass is 79.9. The quantitative estimate of drug-likeness (QED) is 0.867. The highest BCUT2D eigenvalue weighted by molar-refractivity contribution is 9.10. The predicted molar refractivity (Wildman–Crippen MR) is 73.3 cm³/mol. The SMILES string of the molecule is FC(F)(F)c1cc(Br)ccc1NCC[C@H]1CCCN1. The van der Waals surface area contributed by atoms with Gasteiger partial charge in [-0.1, -0.05) is 15.9 Å². The van der Waals surface area contributed by atoms with Crippen LogP contribution in [0.1, 0.15) is 24.8 Å². The second-order valence-corrected chi connectivity index (χ2v) is 5.61. The number of alkyl halides is 3. The van der Waals surface area contributed by atoms with Gasteiger partial charge in [-0.15, -0.1) is 0 Å². The number of anilines is 1. The zero-order valence-corrected chi connectivity index (χ0v) is 11.9. The lowest BCUT2D eigenvalue weighted by Crippen LogP contribution is -2.24. The molecular formula is C13H16BrF3N2. The first kappa shape index (κ1) is 14.7. The molecule has 0 bridgehead atoms. The summed E-state index contributed by atoms with van der Waals surface area (Å²) in [6, 6.07) is 4.62. The van der Waals surface area contributed by atoms with Crippen LogP contribution < -0.4 is 10.6 Å². The standard InChI is InChI=1S/C13H16BrF3N2/c14-9-3-4-12(11(8-9)13(15,16)17)19-7-5-10-2-1-6-18-10/h3-4,8,10,18-19H,1-2,5-7H2/t10-/m1/s1. The second kappa shape index (κ2) is 6.13. The Balaban J connectivity index is 1.98. The van der Waals surface area contributed by atoms with Crippen molar-refractivity contribution in [2.75, 3.05) is 18.4 Å². The van der Waals surface area contributed by atoms with Crippen molar-refractivity contribution in [2.24, 2.45) is 0 Å². The Labute approximate surface area is 118 Å². The Morgan fingerprint density at radius 2 is 2.16 bits per heavy atom. The van der Waals surface area contributed by atoms with Crippen molar-refractivity contribution in [3.8, 4) is 0 Å². The molecule has 106 valence electrons. The topological polar surface area (TPSA) is 24.1 Å². The largest absolute Gasteiger partial charge is 0.418 e. The first-order valence-electron chi connectivity index (χ1n) is 6.31. The lowest BCUT2D eigenvalue weighted by molar-refractivity contribution is -0.137. The number of hydrogen-bond donors (Lipinski definition) is 2. The molecule has 1 saturated heterocycles. The summed E-state index contributed by atoms with van der Waals surface area (Å²) in [5.74, 6) is 0. The van der Waals surface area contributed by atoms with E-state index in [0.717, 1.165) is 31.9 Å². The van der Waals surface area contributed by atoms with Gasteiger partial charge in [0, 0.05) is 22.7 Å². The molecule has 1 heterocycles. The second-order valence-electron chi connectivity index (χ2n) is 4.70. The summed E-state index contributed by atoms with van der Waals surface area (Å²) in [5, 5.41) is 6.22. The first-order valence-corrected chi connectivity index (χ1v) is 7.10. The Morgan fingerprint density at radius 1 is 1.37 bits per heavy atom. The summed E-state index contributed by atoms with van der Waals surface area (Å²) in [6.07, 6.45) is -1.24. The van der Waals surface area contributed by atoms with Crippen LogP contribution >= 0.6 is 15.9 Å². The fourth-order valence-electron chi connectivity index (χ4n) is 2.29. The molecule has 1 aromatic rings. The Morgan fingerprint density at radius 3 is 2.79 bits per heavy atom. The highest BCUT2D eigenvalue weighted by Crippen LogP contribution is 2.36. The van der Waals surface area contributed by atoms with E-state index in [1.807, 2.05) is 0 Å². The van der Waals surface area contributed by atoms with E-state index in [0.29, 0.717) is 17.1 Å². The molecule has 2 N–H and O–H groups in total. The molecule has 1 aliphatic heterocycles. The van der Waals surface area contributed by atoms with E-state index in [9.17, 15) is 13.2 Å². The van der Waals surface area contributed by atoms with Crippen molar-refractivity contribution in [3.63, 3.8) is 0 Å². The predicted octanol–water partition coefficient (Wildman–Crippen LogP) is 4.02. The number of benzene rings is 1. The van der Waals surface area contributed by atoms with E-state index in [-0.39, 0.29) is 5.69 Å². The van der Waals surface area contributed by atoms with Crippen LogP contribution in [0, 0.1) is 0 Å². The van der Waals surface area contributed by atoms with Gasteiger partial charge in [-0.25, -0.2) is 0 Å². The smallest absolute Gasteiger partial charge is 0.384 e. The van der Waals surface area contributed by atoms with Crippen molar-refractivity contribution in [1.29, 1.82) is 0 Å². The number of hydrogen-bond acceptors (Lipinski definition) is 2. The van der Waals surface area contributed by atoms with Crippen LogP contribution in [-0.4, -0.2) is 19.1 Å². The molecule has 0 aromatic heterocycles. The molecule has 0 spiro atoms. The molecule has 2 rings (SSSR count). The number of rotatable bonds is 4. The fourth-order valence-corrected chi connectivity index (χ4v) is 2.65. The molecule has 6 heteroatoms. The van der Waals surface area contributed by atoms with Gasteiger partial charge in [-0.2, -0.15) is 13.2 Å². The van der Waals surface area contributed by atoms with Gasteiger partial charge in [0.1, 0.15) is 0 Å². The van der Waals surface area contributed by atoms with E-state index in [4.69, 9.17) is 0 Å². The zero-order chi connectivity index (χ0) is 13.9. The third-order valence-corrected chi connectivity index (χ3v) is 3.75. The Hall–Kier alpha value is -0.750. The van der Waals surface area contributed by atoms with Crippen LogP contribution in [0.25, 0.3) is 0 Å². The van der Waals surface area contributed by atoms with Crippen molar-refractivity contribution in [1.82, 2.24) is 5.32 Å². The van der Waals surface area contributed by atoms with Gasteiger partial charge in [0.05, 0.1) is 5.56 Å². The third-order valence-electron chi connectivity index (χ3n) is 3.26. The average molecular weight is 337 g/mol. The first-order chi connectivity index (χ1) is 8.97. The third kappa shape index (κ3) is 4.11. The fraction of sp³-hybridized carbons (Fsp3) is 0.538. The van der Waals surface area contributed by atoms with Gasteiger partial charge < -0.3 is 10.6 Å². The molecule has 0 aliphatic carbocycles. The van der Waals surface area contributed by atoms with E-state index in [2.05, 4.69) is 26.6 Å². The lowest BCUT2D eigenvalue weighted by atomic mass is 10.1. The maximum Gasteiger partial charge on any atom is 0.418 e. The summed E-state index contributed by atoms with van der Waals surface area (Å²) in [4.78, 5) is 0. The number of halogens is 4. The lowest BCUT2D eigenvalue weighted by Gasteiger charge is -2.16. The van der Waals surface area contributed by atoms with E-state index >= 15 is 0 Å². The molecule has 0 amide bonds. The summed E-state index contributed by atoms with van der Waals surface area (Å²) in [7, 11) is 0. The van der Waals surface area contributed by atoms with Gasteiger partial charge in [0.15, 0.2) is 0 Å². The van der Waals surface area contributed by atoms with Gasteiger partial charge in [0.2, 0.25) is 0 Å². The molecule has 1 aromatic carbocycles. The summed E-state index contributed by atoms with van der Waals surface area (Å²) in [5.41, 5.74) is -0.477. The van der Waals surface area contributed by atoms with Crippen LogP contribution in [0.2, 0.25) is 0 Å². The minimum Gasteiger partial charge on any atom is -0.384 e. The summed E-state index contributed by atoms with van der Waals surface area (Å²) >= 11 is 3.07. The van der Waals surface area contributed by atoms with E-state index < -0.39 is 11.7 Å². The molecule has 2 nitrogen and oxygen atoms in total. The monoisotopic (exact) mass is 336 g/mol. The Bertz CT molecular complexity index is 428. The maximum absolute atomic E-state index is 12.9. The normalized spacial score (nSPS) is 19.7. The molecule has 1 aliphatic rings. The van der Waals surface area contributed by atoms with Crippen LogP contribution in [0.4, 0.5) is 18.9 Å². The Kier molecular flexibility index (Phi) is 4.73. The van der Waals surface area contributed by atoms with E-state index in [1.165, 1.54) is 6.07 Å². The highest BCUT2D eigenvalue weighted by Gasteiger charge is 2.33. The molecule has 1 fully saturated rings. The van der Waals surface area contributed by atoms with E-state index in [1.54, 1.807) is 6.07 Å². The van der Waals surface area contributed by atoms with Gasteiger partial charge in [-0.3, -0.25) is 0 Å². The van der Waals surface area contributed by atoms with Crippen molar-refractivity contribution < 1.29 is 13.2 Å². The average Bonchev–Trinajstić information content (AvgIpc) is 2.83. The van der Waals surface area contributed by atoms with Crippen LogP contribution in [-0.2, 0) is 6.18 Å². The molecule has 1 atom stereocenters. The van der Waals surface area contributed by atoms with Crippen LogP contribution in [0.3, 0.4) is 0 Å². The molecular weight excluding hydrogens is 321 g/mol. The van der Waals surface area contributed by atoms with Gasteiger partial charge in [-0.05, 0) is 44.0 Å². The molecule has 0 radical (unpaired) electrons. The maximum atomic E-state index is 12.9. The summed E-state index contributed by atoms with van der Waals surface area (Å²) in [6.45, 7) is 1.55. The molecule has 0 saturated carbocycles. The van der Waals surface area contributed by atoms with Crippen molar-refractivity contribution in [2.45, 2.75) is 31.5 Å². The molecule has 19 heavy (non-hydrogen) atoms. The minimum absolute atomic E-state index is 0.147. The van der Waals surface area contributed by atoms with Gasteiger partial charge >= 0.3 is 6.18 Å². The number of nitrogens with one attached hydrogen (secondary N) is 2.